The second-order valence-electron chi connectivity index (χ2n) is 4.41. The van der Waals surface area contributed by atoms with Gasteiger partial charge in [0.05, 0.1) is 5.60 Å². The lowest BCUT2D eigenvalue weighted by Crippen LogP contribution is -2.34. The summed E-state index contributed by atoms with van der Waals surface area (Å²) < 4.78 is 11.2. The van der Waals surface area contributed by atoms with Crippen molar-refractivity contribution in [2.45, 2.75) is 31.7 Å². The molecule has 0 saturated carbocycles. The third-order valence-electron chi connectivity index (χ3n) is 2.63. The van der Waals surface area contributed by atoms with Crippen LogP contribution in [-0.4, -0.2) is 31.2 Å². The summed E-state index contributed by atoms with van der Waals surface area (Å²) in [5, 5.41) is 10.3. The Morgan fingerprint density at radius 3 is 2.24 bits per heavy atom. The number of benzene rings is 1. The molecule has 1 N–H and O–H groups in total. The second-order valence-corrected chi connectivity index (χ2v) is 5.32. The number of rotatable bonds is 6. The molecule has 1 unspecified atom stereocenters. The van der Waals surface area contributed by atoms with E-state index >= 15 is 0 Å². The molecule has 0 aliphatic carbocycles. The van der Waals surface area contributed by atoms with Gasteiger partial charge in [0.1, 0.15) is 0 Å². The van der Waals surface area contributed by atoms with Crippen LogP contribution in [0, 0.1) is 0 Å². The first-order chi connectivity index (χ1) is 7.96. The lowest BCUT2D eigenvalue weighted by molar-refractivity contribution is -0.139. The van der Waals surface area contributed by atoms with E-state index < -0.39 is 5.60 Å². The van der Waals surface area contributed by atoms with Crippen molar-refractivity contribution >= 4 is 15.9 Å². The van der Waals surface area contributed by atoms with Gasteiger partial charge in [0.15, 0.2) is 6.29 Å². The number of halogens is 1. The molecular formula is C13H19BrO3. The molecule has 0 saturated heterocycles. The van der Waals surface area contributed by atoms with Gasteiger partial charge in [-0.3, -0.25) is 0 Å². The van der Waals surface area contributed by atoms with E-state index in [0.29, 0.717) is 12.8 Å². The molecule has 96 valence electrons. The van der Waals surface area contributed by atoms with Gasteiger partial charge in [0.2, 0.25) is 0 Å². The van der Waals surface area contributed by atoms with Crippen molar-refractivity contribution in [2.24, 2.45) is 0 Å². The molecular weight excluding hydrogens is 284 g/mol. The maximum absolute atomic E-state index is 10.3. The third-order valence-corrected chi connectivity index (χ3v) is 3.16. The Bertz CT molecular complexity index is 331. The summed E-state index contributed by atoms with van der Waals surface area (Å²) in [5.74, 6) is 0. The molecule has 0 heterocycles. The van der Waals surface area contributed by atoms with E-state index in [1.54, 1.807) is 21.1 Å². The van der Waals surface area contributed by atoms with E-state index in [9.17, 15) is 5.11 Å². The lowest BCUT2D eigenvalue weighted by atomic mass is 9.93. The van der Waals surface area contributed by atoms with Crippen molar-refractivity contribution in [3.8, 4) is 0 Å². The Morgan fingerprint density at radius 2 is 1.76 bits per heavy atom. The van der Waals surface area contributed by atoms with Crippen LogP contribution in [0.1, 0.15) is 18.9 Å². The Balaban J connectivity index is 2.62. The molecule has 3 nitrogen and oxygen atoms in total. The van der Waals surface area contributed by atoms with Crippen LogP contribution >= 0.6 is 15.9 Å². The number of ether oxygens (including phenoxy) is 2. The second kappa shape index (κ2) is 6.50. The molecule has 0 aromatic heterocycles. The van der Waals surface area contributed by atoms with E-state index in [4.69, 9.17) is 9.47 Å². The summed E-state index contributed by atoms with van der Waals surface area (Å²) in [5.41, 5.74) is 0.244. The minimum absolute atomic E-state index is 0.375. The number of hydrogen-bond donors (Lipinski definition) is 1. The highest BCUT2D eigenvalue weighted by Crippen LogP contribution is 2.21. The van der Waals surface area contributed by atoms with E-state index in [-0.39, 0.29) is 6.29 Å². The van der Waals surface area contributed by atoms with E-state index in [0.717, 1.165) is 10.0 Å². The summed E-state index contributed by atoms with van der Waals surface area (Å²) in [4.78, 5) is 0. The maximum atomic E-state index is 10.3. The smallest absolute Gasteiger partial charge is 0.159 e. The highest BCUT2D eigenvalue weighted by atomic mass is 79.9. The summed E-state index contributed by atoms with van der Waals surface area (Å²) in [6.45, 7) is 1.79. The highest BCUT2D eigenvalue weighted by Gasteiger charge is 2.25. The predicted molar refractivity (Wildman–Crippen MR) is 70.9 cm³/mol. The van der Waals surface area contributed by atoms with Crippen LogP contribution in [-0.2, 0) is 15.9 Å². The minimum atomic E-state index is -0.843. The largest absolute Gasteiger partial charge is 0.390 e. The molecule has 0 aliphatic rings. The monoisotopic (exact) mass is 302 g/mol. The van der Waals surface area contributed by atoms with E-state index in [2.05, 4.69) is 15.9 Å². The zero-order chi connectivity index (χ0) is 12.9. The number of hydrogen-bond acceptors (Lipinski definition) is 3. The SMILES string of the molecule is COC(CC(C)(O)Cc1ccc(Br)cc1)OC. The quantitative estimate of drug-likeness (QED) is 0.821. The first-order valence-electron chi connectivity index (χ1n) is 5.49. The number of methoxy groups -OCH3 is 2. The van der Waals surface area contributed by atoms with Gasteiger partial charge in [0, 0.05) is 31.5 Å². The molecule has 0 amide bonds. The third kappa shape index (κ3) is 5.17. The Labute approximate surface area is 111 Å². The van der Waals surface area contributed by atoms with Crippen LogP contribution in [0.25, 0.3) is 0 Å². The normalized spacial score (nSPS) is 14.9. The van der Waals surface area contributed by atoms with Crippen molar-refractivity contribution in [2.75, 3.05) is 14.2 Å². The van der Waals surface area contributed by atoms with Crippen LogP contribution in [0.15, 0.2) is 28.7 Å². The fourth-order valence-electron chi connectivity index (χ4n) is 1.74. The Kier molecular flexibility index (Phi) is 5.59. The summed E-state index contributed by atoms with van der Waals surface area (Å²) >= 11 is 3.39. The van der Waals surface area contributed by atoms with Crippen LogP contribution in [0.4, 0.5) is 0 Å². The van der Waals surface area contributed by atoms with Gasteiger partial charge in [-0.15, -0.1) is 0 Å². The first kappa shape index (κ1) is 14.6. The van der Waals surface area contributed by atoms with Crippen molar-refractivity contribution in [3.63, 3.8) is 0 Å². The zero-order valence-corrected chi connectivity index (χ0v) is 12.0. The Hall–Kier alpha value is -0.420. The van der Waals surface area contributed by atoms with Gasteiger partial charge in [0.25, 0.3) is 0 Å². The van der Waals surface area contributed by atoms with Gasteiger partial charge in [-0.05, 0) is 24.6 Å². The predicted octanol–water partition coefficient (Wildman–Crippen LogP) is 2.75. The molecule has 0 fully saturated rings. The summed E-state index contributed by atoms with van der Waals surface area (Å²) in [7, 11) is 3.15. The van der Waals surface area contributed by atoms with Gasteiger partial charge in [-0.25, -0.2) is 0 Å². The number of aliphatic hydroxyl groups is 1. The van der Waals surface area contributed by atoms with E-state index in [1.165, 1.54) is 0 Å². The average Bonchev–Trinajstić information content (AvgIpc) is 2.29. The van der Waals surface area contributed by atoms with Crippen LogP contribution < -0.4 is 0 Å². The lowest BCUT2D eigenvalue weighted by Gasteiger charge is -2.27. The molecule has 17 heavy (non-hydrogen) atoms. The molecule has 1 rings (SSSR count). The maximum Gasteiger partial charge on any atom is 0.159 e. The molecule has 1 aromatic rings. The molecule has 1 atom stereocenters. The van der Waals surface area contributed by atoms with Gasteiger partial charge < -0.3 is 14.6 Å². The average molecular weight is 303 g/mol. The van der Waals surface area contributed by atoms with Crippen molar-refractivity contribution in [1.82, 2.24) is 0 Å². The molecule has 4 heteroatoms. The minimum Gasteiger partial charge on any atom is -0.390 e. The van der Waals surface area contributed by atoms with Gasteiger partial charge in [-0.1, -0.05) is 28.1 Å². The standard InChI is InChI=1S/C13H19BrO3/c1-13(15,9-12(16-2)17-3)8-10-4-6-11(14)7-5-10/h4-7,12,15H,8-9H2,1-3H3. The fourth-order valence-corrected chi connectivity index (χ4v) is 2.00. The first-order valence-corrected chi connectivity index (χ1v) is 6.28. The summed E-state index contributed by atoms with van der Waals surface area (Å²) in [6, 6.07) is 7.92. The van der Waals surface area contributed by atoms with E-state index in [1.807, 2.05) is 24.3 Å². The summed E-state index contributed by atoms with van der Waals surface area (Å²) in [6.07, 6.45) is 0.639. The fraction of sp³-hybridized carbons (Fsp3) is 0.538. The highest BCUT2D eigenvalue weighted by molar-refractivity contribution is 9.10. The zero-order valence-electron chi connectivity index (χ0n) is 10.4. The molecule has 1 aromatic carbocycles. The van der Waals surface area contributed by atoms with Crippen LogP contribution in [0.2, 0.25) is 0 Å². The molecule has 0 radical (unpaired) electrons. The Morgan fingerprint density at radius 1 is 1.24 bits per heavy atom. The molecule has 0 aliphatic heterocycles. The van der Waals surface area contributed by atoms with Gasteiger partial charge in [-0.2, -0.15) is 0 Å². The van der Waals surface area contributed by atoms with Crippen molar-refractivity contribution in [3.05, 3.63) is 34.3 Å². The van der Waals surface area contributed by atoms with Crippen LogP contribution in [0.3, 0.4) is 0 Å². The van der Waals surface area contributed by atoms with Crippen molar-refractivity contribution < 1.29 is 14.6 Å². The molecule has 0 spiro atoms. The molecule has 0 bridgehead atoms. The van der Waals surface area contributed by atoms with Crippen LogP contribution in [0.5, 0.6) is 0 Å². The van der Waals surface area contributed by atoms with Gasteiger partial charge >= 0.3 is 0 Å². The topological polar surface area (TPSA) is 38.7 Å². The van der Waals surface area contributed by atoms with Crippen molar-refractivity contribution in [1.29, 1.82) is 0 Å².